The number of fused-ring (bicyclic) bond motifs is 2. The lowest BCUT2D eigenvalue weighted by Gasteiger charge is -2.12. The molecule has 2 heterocycles. The summed E-state index contributed by atoms with van der Waals surface area (Å²) < 4.78 is 21.3. The summed E-state index contributed by atoms with van der Waals surface area (Å²) in [7, 11) is 0. The van der Waals surface area contributed by atoms with Crippen molar-refractivity contribution in [2.45, 2.75) is 6.92 Å². The van der Waals surface area contributed by atoms with Crippen LogP contribution in [0.15, 0.2) is 42.5 Å². The monoisotopic (exact) mass is 428 g/mol. The molecule has 0 spiro atoms. The normalized spacial score (nSPS) is 11.9. The van der Waals surface area contributed by atoms with Crippen molar-refractivity contribution in [1.29, 1.82) is 0 Å². The van der Waals surface area contributed by atoms with E-state index in [0.29, 0.717) is 38.9 Å². The molecule has 8 nitrogen and oxygen atoms in total. The number of nitrogens with zero attached hydrogens (tertiary/aromatic N) is 1. The van der Waals surface area contributed by atoms with Gasteiger partial charge in [0.05, 0.1) is 12.1 Å². The third kappa shape index (κ3) is 4.23. The van der Waals surface area contributed by atoms with Crippen molar-refractivity contribution in [1.82, 2.24) is 4.98 Å². The number of halogens is 1. The Bertz CT molecular complexity index is 1130. The smallest absolute Gasteiger partial charge is 0.357 e. The minimum atomic E-state index is -0.580. The van der Waals surface area contributed by atoms with Crippen LogP contribution >= 0.6 is 11.6 Å². The van der Waals surface area contributed by atoms with Crippen LogP contribution in [0.2, 0.25) is 5.02 Å². The van der Waals surface area contributed by atoms with Crippen LogP contribution in [0.4, 0.5) is 5.69 Å². The number of carbonyl (C=O) groups excluding carboxylic acids is 2. The molecule has 1 aliphatic rings. The van der Waals surface area contributed by atoms with E-state index in [4.69, 9.17) is 30.5 Å². The zero-order valence-electron chi connectivity index (χ0n) is 15.9. The molecule has 0 aliphatic carbocycles. The number of ether oxygens (including phenoxy) is 4. The zero-order valence-corrected chi connectivity index (χ0v) is 16.7. The average Bonchev–Trinajstić information content (AvgIpc) is 3.20. The number of nitrogens with one attached hydrogen (secondary N) is 1. The number of anilines is 1. The number of esters is 1. The van der Waals surface area contributed by atoms with Crippen molar-refractivity contribution in [2.75, 3.05) is 25.3 Å². The summed E-state index contributed by atoms with van der Waals surface area (Å²) in [6, 6.07) is 11.5. The molecule has 0 radical (unpaired) electrons. The van der Waals surface area contributed by atoms with Crippen LogP contribution < -0.4 is 19.5 Å². The largest absolute Gasteiger partial charge is 0.483 e. The zero-order chi connectivity index (χ0) is 21.1. The highest BCUT2D eigenvalue weighted by Gasteiger charge is 2.17. The summed E-state index contributed by atoms with van der Waals surface area (Å²) in [5.74, 6) is 0.507. The molecule has 4 rings (SSSR count). The first kappa shape index (κ1) is 19.8. The van der Waals surface area contributed by atoms with Gasteiger partial charge in [-0.3, -0.25) is 4.79 Å². The van der Waals surface area contributed by atoms with E-state index in [1.165, 1.54) is 6.07 Å². The number of pyridine rings is 1. The molecule has 3 aromatic rings. The molecule has 1 aromatic heterocycles. The van der Waals surface area contributed by atoms with Crippen LogP contribution in [-0.2, 0) is 9.53 Å². The second-order valence-corrected chi connectivity index (χ2v) is 6.73. The lowest BCUT2D eigenvalue weighted by atomic mass is 10.2. The van der Waals surface area contributed by atoms with Gasteiger partial charge in [0.2, 0.25) is 6.79 Å². The summed E-state index contributed by atoms with van der Waals surface area (Å²) in [6.07, 6.45) is 0. The third-order valence-electron chi connectivity index (χ3n) is 4.23. The van der Waals surface area contributed by atoms with Crippen LogP contribution in [0.5, 0.6) is 17.2 Å². The predicted octanol–water partition coefficient (Wildman–Crippen LogP) is 3.81. The van der Waals surface area contributed by atoms with Crippen molar-refractivity contribution in [3.8, 4) is 17.2 Å². The summed E-state index contributed by atoms with van der Waals surface area (Å²) >= 11 is 6.08. The number of amides is 1. The van der Waals surface area contributed by atoms with E-state index < -0.39 is 11.9 Å². The van der Waals surface area contributed by atoms with E-state index in [9.17, 15) is 9.59 Å². The van der Waals surface area contributed by atoms with E-state index in [1.54, 1.807) is 43.3 Å². The van der Waals surface area contributed by atoms with E-state index >= 15 is 0 Å². The summed E-state index contributed by atoms with van der Waals surface area (Å²) in [5.41, 5.74) is 1.12. The van der Waals surface area contributed by atoms with Crippen LogP contribution in [0.3, 0.4) is 0 Å². The van der Waals surface area contributed by atoms with Gasteiger partial charge in [-0.15, -0.1) is 0 Å². The molecular formula is C21H17ClN2O6. The Morgan fingerprint density at radius 3 is 2.80 bits per heavy atom. The van der Waals surface area contributed by atoms with Crippen molar-refractivity contribution in [3.05, 3.63) is 53.2 Å². The van der Waals surface area contributed by atoms with Gasteiger partial charge in [0.1, 0.15) is 5.75 Å². The number of hydrogen-bond donors (Lipinski definition) is 1. The second-order valence-electron chi connectivity index (χ2n) is 6.29. The molecule has 0 fully saturated rings. The maximum absolute atomic E-state index is 12.4. The van der Waals surface area contributed by atoms with Gasteiger partial charge in [0.25, 0.3) is 5.91 Å². The Kier molecular flexibility index (Phi) is 5.58. The lowest BCUT2D eigenvalue weighted by molar-refractivity contribution is -0.118. The molecule has 0 saturated carbocycles. The maximum atomic E-state index is 12.4. The number of rotatable bonds is 6. The highest BCUT2D eigenvalue weighted by Crippen LogP contribution is 2.34. The highest BCUT2D eigenvalue weighted by atomic mass is 35.5. The molecule has 1 N–H and O–H groups in total. The number of hydrogen-bond acceptors (Lipinski definition) is 7. The first-order valence-corrected chi connectivity index (χ1v) is 9.51. The molecular weight excluding hydrogens is 412 g/mol. The minimum absolute atomic E-state index is 0.0813. The van der Waals surface area contributed by atoms with E-state index in [1.807, 2.05) is 0 Å². The first-order chi connectivity index (χ1) is 14.5. The van der Waals surface area contributed by atoms with Gasteiger partial charge in [-0.1, -0.05) is 11.6 Å². The van der Waals surface area contributed by atoms with Crippen molar-refractivity contribution >= 4 is 40.1 Å². The Morgan fingerprint density at radius 2 is 1.97 bits per heavy atom. The average molecular weight is 429 g/mol. The minimum Gasteiger partial charge on any atom is -0.483 e. The molecule has 0 unspecified atom stereocenters. The van der Waals surface area contributed by atoms with E-state index in [-0.39, 0.29) is 25.7 Å². The standard InChI is InChI=1S/C21H17ClN2O6/c1-2-27-21(26)16-9-18(14-7-12(22)3-5-15(14)24-16)28-10-20(25)23-13-4-6-17-19(8-13)30-11-29-17/h3-9H,2,10-11H2,1H3,(H,23,25). The number of aromatic nitrogens is 1. The molecule has 0 atom stereocenters. The molecule has 1 aliphatic heterocycles. The van der Waals surface area contributed by atoms with Gasteiger partial charge in [-0.2, -0.15) is 0 Å². The van der Waals surface area contributed by atoms with Gasteiger partial charge in [-0.25, -0.2) is 9.78 Å². The molecule has 0 bridgehead atoms. The second kappa shape index (κ2) is 8.46. The fourth-order valence-corrected chi connectivity index (χ4v) is 3.08. The van der Waals surface area contributed by atoms with Crippen molar-refractivity contribution in [3.63, 3.8) is 0 Å². The predicted molar refractivity (Wildman–Crippen MR) is 109 cm³/mol. The lowest BCUT2D eigenvalue weighted by Crippen LogP contribution is -2.20. The van der Waals surface area contributed by atoms with Gasteiger partial charge in [0.15, 0.2) is 23.8 Å². The number of carbonyl (C=O) groups is 2. The van der Waals surface area contributed by atoms with Crippen LogP contribution in [-0.4, -0.2) is 36.9 Å². The SMILES string of the molecule is CCOC(=O)c1cc(OCC(=O)Nc2ccc3c(c2)OCO3)c2cc(Cl)ccc2n1. The fraction of sp³-hybridized carbons (Fsp3) is 0.190. The Morgan fingerprint density at radius 1 is 1.13 bits per heavy atom. The molecule has 1 amide bonds. The molecule has 154 valence electrons. The molecule has 0 saturated heterocycles. The number of benzene rings is 2. The van der Waals surface area contributed by atoms with Gasteiger partial charge in [-0.05, 0) is 37.3 Å². The quantitative estimate of drug-likeness (QED) is 0.596. The third-order valence-corrected chi connectivity index (χ3v) is 4.47. The topological polar surface area (TPSA) is 96.0 Å². The van der Waals surface area contributed by atoms with E-state index in [0.717, 1.165) is 0 Å². The molecule has 2 aromatic carbocycles. The van der Waals surface area contributed by atoms with Gasteiger partial charge in [0, 0.05) is 28.2 Å². The van der Waals surface area contributed by atoms with Crippen molar-refractivity contribution < 1.29 is 28.5 Å². The first-order valence-electron chi connectivity index (χ1n) is 9.13. The van der Waals surface area contributed by atoms with Gasteiger partial charge >= 0.3 is 5.97 Å². The van der Waals surface area contributed by atoms with Crippen LogP contribution in [0, 0.1) is 0 Å². The Balaban J connectivity index is 1.52. The van der Waals surface area contributed by atoms with Crippen LogP contribution in [0.25, 0.3) is 10.9 Å². The Hall–Kier alpha value is -3.52. The Labute approximate surface area is 176 Å². The summed E-state index contributed by atoms with van der Waals surface area (Å²) in [4.78, 5) is 28.8. The summed E-state index contributed by atoms with van der Waals surface area (Å²) in [5, 5.41) is 3.78. The maximum Gasteiger partial charge on any atom is 0.357 e. The van der Waals surface area contributed by atoms with Crippen molar-refractivity contribution in [2.24, 2.45) is 0 Å². The highest BCUT2D eigenvalue weighted by molar-refractivity contribution is 6.31. The molecule has 30 heavy (non-hydrogen) atoms. The van der Waals surface area contributed by atoms with E-state index in [2.05, 4.69) is 10.3 Å². The van der Waals surface area contributed by atoms with Crippen LogP contribution in [0.1, 0.15) is 17.4 Å². The molecule has 9 heteroatoms. The fourth-order valence-electron chi connectivity index (χ4n) is 2.91. The van der Waals surface area contributed by atoms with Gasteiger partial charge < -0.3 is 24.3 Å². The summed E-state index contributed by atoms with van der Waals surface area (Å²) in [6.45, 7) is 1.78.